The molecular formula is C11H18N2O. The van der Waals surface area contributed by atoms with E-state index in [1.54, 1.807) is 6.92 Å². The molecule has 0 amide bonds. The molecule has 78 valence electrons. The van der Waals surface area contributed by atoms with Crippen molar-refractivity contribution in [3.63, 3.8) is 0 Å². The molecular weight excluding hydrogens is 176 g/mol. The molecule has 0 aliphatic rings. The summed E-state index contributed by atoms with van der Waals surface area (Å²) in [6, 6.07) is 4.19. The average molecular weight is 194 g/mol. The quantitative estimate of drug-likeness (QED) is 0.775. The molecule has 1 aromatic heterocycles. The number of aromatic nitrogens is 1. The van der Waals surface area contributed by atoms with E-state index in [-0.39, 0.29) is 0 Å². The molecule has 1 heterocycles. The molecule has 0 fully saturated rings. The summed E-state index contributed by atoms with van der Waals surface area (Å²) in [7, 11) is 0. The number of nitrogens with one attached hydrogen (secondary N) is 1. The minimum atomic E-state index is -0.449. The maximum Gasteiger partial charge on any atom is 0.126 e. The largest absolute Gasteiger partial charge is 0.389 e. The van der Waals surface area contributed by atoms with Gasteiger partial charge in [-0.05, 0) is 33.8 Å². The zero-order valence-electron chi connectivity index (χ0n) is 9.20. The zero-order valence-corrected chi connectivity index (χ0v) is 9.20. The van der Waals surface area contributed by atoms with Crippen molar-refractivity contribution in [3.8, 4) is 0 Å². The lowest BCUT2D eigenvalue weighted by atomic mass is 10.1. The first-order chi connectivity index (χ1) is 6.50. The highest BCUT2D eigenvalue weighted by molar-refractivity contribution is 5.39. The third-order valence-corrected chi connectivity index (χ3v) is 2.01. The van der Waals surface area contributed by atoms with Gasteiger partial charge in [-0.3, -0.25) is 0 Å². The Kier molecular flexibility index (Phi) is 3.47. The molecule has 0 radical (unpaired) electrons. The summed E-state index contributed by atoms with van der Waals surface area (Å²) in [5.41, 5.74) is 1.77. The van der Waals surface area contributed by atoms with Gasteiger partial charge in [-0.15, -0.1) is 0 Å². The Balaban J connectivity index is 2.89. The molecule has 1 atom stereocenters. The summed E-state index contributed by atoms with van der Waals surface area (Å²) >= 11 is 0. The van der Waals surface area contributed by atoms with Gasteiger partial charge in [0.15, 0.2) is 0 Å². The first kappa shape index (κ1) is 11.0. The number of nitrogens with zero attached hydrogens (tertiary/aromatic N) is 1. The van der Waals surface area contributed by atoms with Gasteiger partial charge in [0.25, 0.3) is 0 Å². The minimum Gasteiger partial charge on any atom is -0.389 e. The van der Waals surface area contributed by atoms with E-state index in [1.807, 2.05) is 19.1 Å². The second-order valence-corrected chi connectivity index (χ2v) is 3.85. The minimum absolute atomic E-state index is 0.374. The second-order valence-electron chi connectivity index (χ2n) is 3.85. The van der Waals surface area contributed by atoms with E-state index in [0.717, 1.165) is 17.1 Å². The molecule has 1 aromatic rings. The number of hydrogen-bond acceptors (Lipinski definition) is 3. The molecule has 0 spiro atoms. The fraction of sp³-hybridized carbons (Fsp3) is 0.545. The third-order valence-electron chi connectivity index (χ3n) is 2.01. The number of aliphatic hydroxyl groups is 1. The van der Waals surface area contributed by atoms with Crippen LogP contribution < -0.4 is 5.32 Å². The summed E-state index contributed by atoms with van der Waals surface area (Å²) in [6.07, 6.45) is -0.449. The van der Waals surface area contributed by atoms with Crippen LogP contribution in [0.4, 0.5) is 5.82 Å². The van der Waals surface area contributed by atoms with Crippen molar-refractivity contribution in [2.24, 2.45) is 0 Å². The summed E-state index contributed by atoms with van der Waals surface area (Å²) < 4.78 is 0. The van der Waals surface area contributed by atoms with E-state index in [9.17, 15) is 5.11 Å². The van der Waals surface area contributed by atoms with Crippen LogP contribution in [-0.4, -0.2) is 16.1 Å². The SMILES string of the molecule is Cc1nc(NC(C)C)ccc1[C@H](C)O. The fourth-order valence-electron chi connectivity index (χ4n) is 1.39. The number of pyridine rings is 1. The molecule has 0 bridgehead atoms. The first-order valence-electron chi connectivity index (χ1n) is 4.93. The lowest BCUT2D eigenvalue weighted by Gasteiger charge is -2.12. The van der Waals surface area contributed by atoms with Crippen molar-refractivity contribution in [2.75, 3.05) is 5.32 Å². The molecule has 0 aromatic carbocycles. The lowest BCUT2D eigenvalue weighted by molar-refractivity contribution is 0.198. The van der Waals surface area contributed by atoms with Gasteiger partial charge in [0.05, 0.1) is 6.10 Å². The maximum absolute atomic E-state index is 9.42. The summed E-state index contributed by atoms with van der Waals surface area (Å²) in [5.74, 6) is 0.863. The van der Waals surface area contributed by atoms with Gasteiger partial charge in [0, 0.05) is 17.3 Å². The highest BCUT2D eigenvalue weighted by atomic mass is 16.3. The van der Waals surface area contributed by atoms with Crippen LogP contribution in [0.5, 0.6) is 0 Å². The van der Waals surface area contributed by atoms with Crippen molar-refractivity contribution in [1.82, 2.24) is 4.98 Å². The average Bonchev–Trinajstić information content (AvgIpc) is 2.01. The van der Waals surface area contributed by atoms with Crippen LogP contribution >= 0.6 is 0 Å². The van der Waals surface area contributed by atoms with E-state index in [0.29, 0.717) is 6.04 Å². The van der Waals surface area contributed by atoms with Crippen LogP contribution in [0, 0.1) is 6.92 Å². The fourth-order valence-corrected chi connectivity index (χ4v) is 1.39. The molecule has 2 N–H and O–H groups in total. The van der Waals surface area contributed by atoms with Crippen LogP contribution in [0.1, 0.15) is 38.1 Å². The van der Waals surface area contributed by atoms with E-state index in [2.05, 4.69) is 24.1 Å². The highest BCUT2D eigenvalue weighted by Crippen LogP contribution is 2.17. The van der Waals surface area contributed by atoms with Crippen LogP contribution in [0.2, 0.25) is 0 Å². The van der Waals surface area contributed by atoms with E-state index in [1.165, 1.54) is 0 Å². The molecule has 0 saturated heterocycles. The lowest BCUT2D eigenvalue weighted by Crippen LogP contribution is -2.12. The molecule has 0 unspecified atom stereocenters. The number of aryl methyl sites for hydroxylation is 1. The molecule has 0 saturated carbocycles. The Morgan fingerprint density at radius 2 is 1.93 bits per heavy atom. The van der Waals surface area contributed by atoms with Gasteiger partial charge in [0.1, 0.15) is 5.82 Å². The van der Waals surface area contributed by atoms with E-state index >= 15 is 0 Å². The van der Waals surface area contributed by atoms with Crippen molar-refractivity contribution < 1.29 is 5.11 Å². The molecule has 14 heavy (non-hydrogen) atoms. The van der Waals surface area contributed by atoms with Gasteiger partial charge in [-0.1, -0.05) is 6.07 Å². The number of hydrogen-bond donors (Lipinski definition) is 2. The molecule has 0 aliphatic heterocycles. The second kappa shape index (κ2) is 4.42. The van der Waals surface area contributed by atoms with Gasteiger partial charge < -0.3 is 10.4 Å². The summed E-state index contributed by atoms with van der Waals surface area (Å²) in [6.45, 7) is 7.80. The smallest absolute Gasteiger partial charge is 0.126 e. The summed E-state index contributed by atoms with van der Waals surface area (Å²) in [4.78, 5) is 4.36. The van der Waals surface area contributed by atoms with Gasteiger partial charge in [0.2, 0.25) is 0 Å². The van der Waals surface area contributed by atoms with Crippen molar-refractivity contribution >= 4 is 5.82 Å². The topological polar surface area (TPSA) is 45.2 Å². The van der Waals surface area contributed by atoms with Crippen LogP contribution in [-0.2, 0) is 0 Å². The van der Waals surface area contributed by atoms with Crippen molar-refractivity contribution in [2.45, 2.75) is 39.8 Å². The Morgan fingerprint density at radius 3 is 2.36 bits per heavy atom. The first-order valence-corrected chi connectivity index (χ1v) is 4.93. The Hall–Kier alpha value is -1.09. The number of anilines is 1. The predicted molar refractivity (Wildman–Crippen MR) is 58.4 cm³/mol. The number of aliphatic hydroxyl groups excluding tert-OH is 1. The standard InChI is InChI=1S/C11H18N2O/c1-7(2)12-11-6-5-10(9(4)14)8(3)13-11/h5-7,9,14H,1-4H3,(H,12,13)/t9-/m0/s1. The van der Waals surface area contributed by atoms with Crippen LogP contribution in [0.15, 0.2) is 12.1 Å². The Bertz CT molecular complexity index is 308. The molecule has 3 nitrogen and oxygen atoms in total. The van der Waals surface area contributed by atoms with Gasteiger partial charge in [-0.2, -0.15) is 0 Å². The van der Waals surface area contributed by atoms with E-state index in [4.69, 9.17) is 0 Å². The highest BCUT2D eigenvalue weighted by Gasteiger charge is 2.06. The van der Waals surface area contributed by atoms with Crippen molar-refractivity contribution in [3.05, 3.63) is 23.4 Å². The summed E-state index contributed by atoms with van der Waals surface area (Å²) in [5, 5.41) is 12.6. The van der Waals surface area contributed by atoms with E-state index < -0.39 is 6.10 Å². The monoisotopic (exact) mass is 194 g/mol. The molecule has 1 rings (SSSR count). The maximum atomic E-state index is 9.42. The van der Waals surface area contributed by atoms with Crippen molar-refractivity contribution in [1.29, 1.82) is 0 Å². The van der Waals surface area contributed by atoms with Gasteiger partial charge >= 0.3 is 0 Å². The number of rotatable bonds is 3. The van der Waals surface area contributed by atoms with Crippen LogP contribution in [0.25, 0.3) is 0 Å². The normalized spacial score (nSPS) is 13.0. The van der Waals surface area contributed by atoms with Gasteiger partial charge in [-0.25, -0.2) is 4.98 Å². The predicted octanol–water partition coefficient (Wildman–Crippen LogP) is 2.26. The Labute approximate surface area is 85.2 Å². The molecule has 0 aliphatic carbocycles. The Morgan fingerprint density at radius 1 is 1.29 bits per heavy atom. The van der Waals surface area contributed by atoms with Crippen LogP contribution in [0.3, 0.4) is 0 Å². The third kappa shape index (κ3) is 2.70. The molecule has 3 heteroatoms. The zero-order chi connectivity index (χ0) is 10.7.